The van der Waals surface area contributed by atoms with Gasteiger partial charge >= 0.3 is 0 Å². The van der Waals surface area contributed by atoms with Crippen molar-refractivity contribution in [3.8, 4) is 0 Å². The van der Waals surface area contributed by atoms with E-state index in [4.69, 9.17) is 9.47 Å². The van der Waals surface area contributed by atoms with Gasteiger partial charge in [-0.25, -0.2) is 0 Å². The zero-order chi connectivity index (χ0) is 11.6. The first-order valence-electron chi connectivity index (χ1n) is 6.30. The molecule has 0 amide bonds. The molecule has 0 spiro atoms. The van der Waals surface area contributed by atoms with Crippen molar-refractivity contribution in [3.05, 3.63) is 0 Å². The molecule has 96 valence electrons. The normalized spacial score (nSPS) is 20.8. The van der Waals surface area contributed by atoms with Gasteiger partial charge in [-0.3, -0.25) is 4.90 Å². The van der Waals surface area contributed by atoms with Gasteiger partial charge in [-0.1, -0.05) is 0 Å². The molecule has 1 aliphatic rings. The molecule has 0 radical (unpaired) electrons. The summed E-state index contributed by atoms with van der Waals surface area (Å²) in [6, 6.07) is 0.680. The average molecular weight is 230 g/mol. The molecule has 0 unspecified atom stereocenters. The smallest absolute Gasteiger partial charge is 0.0589 e. The summed E-state index contributed by atoms with van der Waals surface area (Å²) in [5.74, 6) is 0. The third-order valence-electron chi connectivity index (χ3n) is 3.08. The van der Waals surface area contributed by atoms with E-state index < -0.39 is 0 Å². The number of rotatable bonds is 9. The van der Waals surface area contributed by atoms with Crippen LogP contribution in [0.15, 0.2) is 0 Å². The molecular weight excluding hydrogens is 204 g/mol. The Morgan fingerprint density at radius 2 is 2.00 bits per heavy atom. The summed E-state index contributed by atoms with van der Waals surface area (Å²) in [4.78, 5) is 2.48. The molecular formula is C12H26N2O2. The highest BCUT2D eigenvalue weighted by Crippen LogP contribution is 2.07. The maximum atomic E-state index is 5.15. The second-order valence-corrected chi connectivity index (χ2v) is 4.43. The maximum Gasteiger partial charge on any atom is 0.0589 e. The number of hydrogen-bond donors (Lipinski definition) is 1. The van der Waals surface area contributed by atoms with E-state index in [-0.39, 0.29) is 0 Å². The highest BCUT2D eigenvalue weighted by molar-refractivity contribution is 4.77. The van der Waals surface area contributed by atoms with E-state index in [1.807, 2.05) is 0 Å². The topological polar surface area (TPSA) is 33.7 Å². The number of ether oxygens (including phenoxy) is 2. The zero-order valence-corrected chi connectivity index (χ0v) is 10.7. The fourth-order valence-corrected chi connectivity index (χ4v) is 2.17. The Balaban J connectivity index is 2.18. The van der Waals surface area contributed by atoms with Gasteiger partial charge in [0.15, 0.2) is 0 Å². The molecule has 1 N–H and O–H groups in total. The van der Waals surface area contributed by atoms with Gasteiger partial charge in [0.25, 0.3) is 0 Å². The molecule has 1 saturated heterocycles. The summed E-state index contributed by atoms with van der Waals surface area (Å²) in [5.41, 5.74) is 0. The van der Waals surface area contributed by atoms with Crippen molar-refractivity contribution >= 4 is 0 Å². The monoisotopic (exact) mass is 230 g/mol. The molecule has 16 heavy (non-hydrogen) atoms. The molecule has 4 nitrogen and oxygen atoms in total. The second-order valence-electron chi connectivity index (χ2n) is 4.43. The molecule has 1 rings (SSSR count). The summed E-state index contributed by atoms with van der Waals surface area (Å²) < 4.78 is 10.2. The molecule has 0 aliphatic carbocycles. The van der Waals surface area contributed by atoms with Crippen LogP contribution in [0.25, 0.3) is 0 Å². The van der Waals surface area contributed by atoms with Crippen LogP contribution >= 0.6 is 0 Å². The molecule has 0 saturated carbocycles. The third kappa shape index (κ3) is 5.80. The molecule has 0 bridgehead atoms. The van der Waals surface area contributed by atoms with E-state index in [1.54, 1.807) is 14.2 Å². The molecule has 0 aromatic heterocycles. The van der Waals surface area contributed by atoms with Crippen LogP contribution in [-0.4, -0.2) is 64.6 Å². The number of nitrogens with one attached hydrogen (secondary N) is 1. The largest absolute Gasteiger partial charge is 0.385 e. The predicted octanol–water partition coefficient (Wildman–Crippen LogP) is 0.723. The first kappa shape index (κ1) is 13.9. The van der Waals surface area contributed by atoms with E-state index in [1.165, 1.54) is 19.4 Å². The number of nitrogens with zero attached hydrogens (tertiary/aromatic N) is 1. The van der Waals surface area contributed by atoms with Gasteiger partial charge in [-0.15, -0.1) is 0 Å². The standard InChI is InChI=1S/C12H26N2O2/c1-15-9-4-7-14(8-10-16-2)11-12-5-3-6-13-12/h12-13H,3-11H2,1-2H3/t12-/m1/s1. The van der Waals surface area contributed by atoms with E-state index in [9.17, 15) is 0 Å². The predicted molar refractivity (Wildman–Crippen MR) is 65.8 cm³/mol. The van der Waals surface area contributed by atoms with E-state index in [0.29, 0.717) is 6.04 Å². The fraction of sp³-hybridized carbons (Fsp3) is 1.00. The van der Waals surface area contributed by atoms with Crippen molar-refractivity contribution in [3.63, 3.8) is 0 Å². The Bertz CT molecular complexity index is 161. The fourth-order valence-electron chi connectivity index (χ4n) is 2.17. The van der Waals surface area contributed by atoms with Gasteiger partial charge in [0.2, 0.25) is 0 Å². The first-order chi connectivity index (χ1) is 7.86. The number of hydrogen-bond acceptors (Lipinski definition) is 4. The Labute approximate surface area is 99.3 Å². The Kier molecular flexibility index (Phi) is 7.76. The summed E-state index contributed by atoms with van der Waals surface area (Å²) in [6.07, 6.45) is 3.74. The molecule has 1 fully saturated rings. The highest BCUT2D eigenvalue weighted by Gasteiger charge is 2.17. The van der Waals surface area contributed by atoms with Crippen LogP contribution in [0.5, 0.6) is 0 Å². The van der Waals surface area contributed by atoms with Crippen molar-refractivity contribution in [1.29, 1.82) is 0 Å². The summed E-state index contributed by atoms with van der Waals surface area (Å²) >= 11 is 0. The zero-order valence-electron chi connectivity index (χ0n) is 10.7. The van der Waals surface area contributed by atoms with Gasteiger partial charge in [0.1, 0.15) is 0 Å². The highest BCUT2D eigenvalue weighted by atomic mass is 16.5. The molecule has 0 aromatic rings. The van der Waals surface area contributed by atoms with E-state index in [2.05, 4.69) is 10.2 Å². The molecule has 1 aliphatic heterocycles. The van der Waals surface area contributed by atoms with Gasteiger partial charge in [-0.2, -0.15) is 0 Å². The minimum absolute atomic E-state index is 0.680. The molecule has 0 aromatic carbocycles. The molecule has 1 heterocycles. The quantitative estimate of drug-likeness (QED) is 0.592. The number of methoxy groups -OCH3 is 2. The van der Waals surface area contributed by atoms with Crippen LogP contribution in [0.4, 0.5) is 0 Å². The molecule has 1 atom stereocenters. The van der Waals surface area contributed by atoms with E-state index >= 15 is 0 Å². The van der Waals surface area contributed by atoms with E-state index in [0.717, 1.165) is 39.3 Å². The Morgan fingerprint density at radius 1 is 1.19 bits per heavy atom. The minimum atomic E-state index is 0.680. The SMILES string of the molecule is COCCCN(CCOC)C[C@H]1CCCN1. The van der Waals surface area contributed by atoms with Crippen molar-refractivity contribution in [1.82, 2.24) is 10.2 Å². The minimum Gasteiger partial charge on any atom is -0.385 e. The average Bonchev–Trinajstić information content (AvgIpc) is 2.78. The van der Waals surface area contributed by atoms with Crippen LogP contribution in [0.3, 0.4) is 0 Å². The van der Waals surface area contributed by atoms with Gasteiger partial charge in [0.05, 0.1) is 6.61 Å². The van der Waals surface area contributed by atoms with Gasteiger partial charge in [0, 0.05) is 46.5 Å². The lowest BCUT2D eigenvalue weighted by Crippen LogP contribution is -2.39. The lowest BCUT2D eigenvalue weighted by Gasteiger charge is -2.25. The Morgan fingerprint density at radius 3 is 2.62 bits per heavy atom. The lowest BCUT2D eigenvalue weighted by molar-refractivity contribution is 0.127. The second kappa shape index (κ2) is 8.93. The van der Waals surface area contributed by atoms with Gasteiger partial charge < -0.3 is 14.8 Å². The van der Waals surface area contributed by atoms with Crippen LogP contribution in [-0.2, 0) is 9.47 Å². The third-order valence-corrected chi connectivity index (χ3v) is 3.08. The van der Waals surface area contributed by atoms with Crippen molar-refractivity contribution < 1.29 is 9.47 Å². The van der Waals surface area contributed by atoms with Crippen LogP contribution < -0.4 is 5.32 Å². The summed E-state index contributed by atoms with van der Waals surface area (Å²) in [6.45, 7) is 6.13. The van der Waals surface area contributed by atoms with Crippen molar-refractivity contribution in [2.24, 2.45) is 0 Å². The first-order valence-corrected chi connectivity index (χ1v) is 6.30. The maximum absolute atomic E-state index is 5.15. The van der Waals surface area contributed by atoms with Crippen molar-refractivity contribution in [2.45, 2.75) is 25.3 Å². The van der Waals surface area contributed by atoms with Gasteiger partial charge in [-0.05, 0) is 25.8 Å². The van der Waals surface area contributed by atoms with Crippen LogP contribution in [0, 0.1) is 0 Å². The molecule has 4 heteroatoms. The van der Waals surface area contributed by atoms with Crippen molar-refractivity contribution in [2.75, 3.05) is 53.6 Å². The summed E-state index contributed by atoms with van der Waals surface area (Å²) in [7, 11) is 3.53. The lowest BCUT2D eigenvalue weighted by atomic mass is 10.2. The van der Waals surface area contributed by atoms with Crippen LogP contribution in [0.2, 0.25) is 0 Å². The Hall–Kier alpha value is -0.160. The summed E-state index contributed by atoms with van der Waals surface area (Å²) in [5, 5.41) is 3.54. The van der Waals surface area contributed by atoms with Crippen LogP contribution in [0.1, 0.15) is 19.3 Å².